The molecular weight excluding hydrogens is 330 g/mol. The van der Waals surface area contributed by atoms with Crippen molar-refractivity contribution in [3.63, 3.8) is 0 Å². The number of carbonyl (C=O) groups excluding carboxylic acids is 2. The molecule has 6 nitrogen and oxygen atoms in total. The van der Waals surface area contributed by atoms with Crippen LogP contribution in [0.25, 0.3) is 0 Å². The van der Waals surface area contributed by atoms with Crippen molar-refractivity contribution in [2.45, 2.75) is 57.9 Å². The highest BCUT2D eigenvalue weighted by atomic mass is 16.5. The number of unbranched alkanes of at least 4 members (excludes halogenated alkanes) is 4. The van der Waals surface area contributed by atoms with Gasteiger partial charge in [-0.15, -0.1) is 0 Å². The van der Waals surface area contributed by atoms with Gasteiger partial charge in [-0.1, -0.05) is 39.0 Å². The Morgan fingerprint density at radius 3 is 2.50 bits per heavy atom. The van der Waals surface area contributed by atoms with Gasteiger partial charge in [-0.3, -0.25) is 9.69 Å². The van der Waals surface area contributed by atoms with Gasteiger partial charge in [0, 0.05) is 0 Å². The number of rotatable bonds is 10. The van der Waals surface area contributed by atoms with Crippen LogP contribution in [0, 0.1) is 11.3 Å². The molecule has 0 aromatic heterocycles. The van der Waals surface area contributed by atoms with E-state index in [1.807, 2.05) is 6.07 Å². The second-order valence-corrected chi connectivity index (χ2v) is 6.87. The minimum atomic E-state index is -0.808. The summed E-state index contributed by atoms with van der Waals surface area (Å²) < 4.78 is 5.57. The first-order chi connectivity index (χ1) is 12.5. The van der Waals surface area contributed by atoms with E-state index in [9.17, 15) is 9.59 Å². The van der Waals surface area contributed by atoms with Crippen molar-refractivity contribution >= 4 is 11.9 Å². The molecule has 0 radical (unpaired) electrons. The van der Waals surface area contributed by atoms with Gasteiger partial charge in [0.1, 0.15) is 17.9 Å². The summed E-state index contributed by atoms with van der Waals surface area (Å²) in [6.45, 7) is 4.39. The van der Waals surface area contributed by atoms with Crippen molar-refractivity contribution in [3.8, 4) is 11.8 Å². The van der Waals surface area contributed by atoms with Crippen LogP contribution in [0.1, 0.15) is 57.9 Å². The van der Waals surface area contributed by atoms with Crippen molar-refractivity contribution < 1.29 is 14.3 Å². The summed E-state index contributed by atoms with van der Waals surface area (Å²) in [5.41, 5.74) is -0.251. The topological polar surface area (TPSA) is 82.4 Å². The van der Waals surface area contributed by atoms with E-state index in [0.717, 1.165) is 19.3 Å². The van der Waals surface area contributed by atoms with Gasteiger partial charge in [-0.05, 0) is 37.6 Å². The number of benzene rings is 1. The number of hydrogen-bond acceptors (Lipinski definition) is 4. The molecule has 1 aromatic rings. The number of nitrogens with zero attached hydrogens (tertiary/aromatic N) is 2. The van der Waals surface area contributed by atoms with Crippen molar-refractivity contribution in [3.05, 3.63) is 29.8 Å². The second-order valence-electron chi connectivity index (χ2n) is 6.87. The van der Waals surface area contributed by atoms with Gasteiger partial charge in [0.2, 0.25) is 0 Å². The molecule has 0 spiro atoms. The molecule has 26 heavy (non-hydrogen) atoms. The number of ether oxygens (including phenoxy) is 1. The van der Waals surface area contributed by atoms with Gasteiger partial charge >= 0.3 is 6.03 Å². The van der Waals surface area contributed by atoms with Crippen molar-refractivity contribution in [1.82, 2.24) is 10.2 Å². The summed E-state index contributed by atoms with van der Waals surface area (Å²) >= 11 is 0. The molecule has 1 heterocycles. The van der Waals surface area contributed by atoms with Gasteiger partial charge in [0.25, 0.3) is 5.91 Å². The van der Waals surface area contributed by atoms with E-state index in [2.05, 4.69) is 12.2 Å². The average molecular weight is 357 g/mol. The smallest absolute Gasteiger partial charge is 0.325 e. The average Bonchev–Trinajstić information content (AvgIpc) is 2.85. The largest absolute Gasteiger partial charge is 0.492 e. The number of imide groups is 1. The third kappa shape index (κ3) is 4.98. The van der Waals surface area contributed by atoms with Crippen molar-refractivity contribution in [2.24, 2.45) is 0 Å². The molecule has 1 saturated heterocycles. The third-order valence-electron chi connectivity index (χ3n) is 4.69. The predicted molar refractivity (Wildman–Crippen MR) is 98.7 cm³/mol. The molecule has 140 valence electrons. The van der Waals surface area contributed by atoms with Gasteiger partial charge in [-0.2, -0.15) is 5.26 Å². The Labute approximate surface area is 155 Å². The minimum Gasteiger partial charge on any atom is -0.492 e. The van der Waals surface area contributed by atoms with Crippen LogP contribution in [0.3, 0.4) is 0 Å². The summed E-state index contributed by atoms with van der Waals surface area (Å²) in [6, 6.07) is 8.42. The molecule has 6 heteroatoms. The van der Waals surface area contributed by atoms with E-state index in [1.165, 1.54) is 17.7 Å². The molecule has 3 amide bonds. The van der Waals surface area contributed by atoms with Crippen LogP contribution >= 0.6 is 0 Å². The Kier molecular flexibility index (Phi) is 7.02. The van der Waals surface area contributed by atoms with Crippen LogP contribution < -0.4 is 10.1 Å². The van der Waals surface area contributed by atoms with Gasteiger partial charge < -0.3 is 10.1 Å². The van der Waals surface area contributed by atoms with Gasteiger partial charge in [0.05, 0.1) is 18.2 Å². The molecule has 1 N–H and O–H groups in total. The first-order valence-corrected chi connectivity index (χ1v) is 9.27. The molecule has 2 rings (SSSR count). The van der Waals surface area contributed by atoms with Crippen LogP contribution in [0.4, 0.5) is 4.79 Å². The first-order valence-electron chi connectivity index (χ1n) is 9.27. The first kappa shape index (κ1) is 19.8. The molecule has 1 aliphatic rings. The zero-order valence-electron chi connectivity index (χ0n) is 15.6. The number of nitrogens with one attached hydrogen (secondary N) is 1. The van der Waals surface area contributed by atoms with E-state index < -0.39 is 5.54 Å². The number of urea groups is 1. The normalized spacial score (nSPS) is 19.3. The highest BCUT2D eigenvalue weighted by Gasteiger charge is 2.46. The van der Waals surface area contributed by atoms with E-state index in [1.54, 1.807) is 31.2 Å². The van der Waals surface area contributed by atoms with Crippen LogP contribution in [-0.2, 0) is 4.79 Å². The van der Waals surface area contributed by atoms with Crippen LogP contribution in [0.15, 0.2) is 24.3 Å². The standard InChI is InChI=1S/C20H27N3O3/c1-3-4-5-6-7-12-20(2)18(24)23(19(25)22-20)13-14-26-17-10-8-16(15-21)9-11-17/h8-11H,3-7,12-14H2,1-2H3,(H,22,25). The fourth-order valence-electron chi connectivity index (χ4n) is 3.08. The minimum absolute atomic E-state index is 0.179. The Morgan fingerprint density at radius 1 is 1.15 bits per heavy atom. The summed E-state index contributed by atoms with van der Waals surface area (Å²) in [5, 5.41) is 11.6. The second kappa shape index (κ2) is 9.23. The number of nitriles is 1. The molecule has 1 aromatic carbocycles. The van der Waals surface area contributed by atoms with Crippen LogP contribution in [0.5, 0.6) is 5.75 Å². The molecule has 0 bridgehead atoms. The lowest BCUT2D eigenvalue weighted by Crippen LogP contribution is -2.44. The zero-order valence-corrected chi connectivity index (χ0v) is 15.6. The number of hydrogen-bond donors (Lipinski definition) is 1. The van der Waals surface area contributed by atoms with E-state index in [-0.39, 0.29) is 25.1 Å². The Bertz CT molecular complexity index is 666. The molecule has 0 aliphatic carbocycles. The quantitative estimate of drug-likeness (QED) is 0.512. The Balaban J connectivity index is 1.81. The van der Waals surface area contributed by atoms with E-state index >= 15 is 0 Å². The maximum atomic E-state index is 12.6. The molecular formula is C20H27N3O3. The monoisotopic (exact) mass is 357 g/mol. The lowest BCUT2D eigenvalue weighted by atomic mass is 9.94. The third-order valence-corrected chi connectivity index (χ3v) is 4.69. The summed E-state index contributed by atoms with van der Waals surface area (Å²) in [6.07, 6.45) is 6.22. The van der Waals surface area contributed by atoms with Crippen LogP contribution in [0.2, 0.25) is 0 Å². The summed E-state index contributed by atoms with van der Waals surface area (Å²) in [5.74, 6) is 0.427. The van der Waals surface area contributed by atoms with Crippen LogP contribution in [-0.4, -0.2) is 35.5 Å². The molecule has 0 saturated carbocycles. The summed E-state index contributed by atoms with van der Waals surface area (Å²) in [7, 11) is 0. The Hall–Kier alpha value is -2.55. The van der Waals surface area contributed by atoms with E-state index in [4.69, 9.17) is 10.00 Å². The molecule has 1 unspecified atom stereocenters. The van der Waals surface area contributed by atoms with E-state index in [0.29, 0.717) is 17.7 Å². The SMILES string of the molecule is CCCCCCCC1(C)NC(=O)N(CCOc2ccc(C#N)cc2)C1=O. The lowest BCUT2D eigenvalue weighted by Gasteiger charge is -2.21. The fourth-order valence-corrected chi connectivity index (χ4v) is 3.08. The summed E-state index contributed by atoms with van der Waals surface area (Å²) in [4.78, 5) is 26.0. The Morgan fingerprint density at radius 2 is 1.85 bits per heavy atom. The number of carbonyl (C=O) groups is 2. The van der Waals surface area contributed by atoms with Gasteiger partial charge in [-0.25, -0.2) is 4.79 Å². The van der Waals surface area contributed by atoms with Gasteiger partial charge in [0.15, 0.2) is 0 Å². The fraction of sp³-hybridized carbons (Fsp3) is 0.550. The highest BCUT2D eigenvalue weighted by Crippen LogP contribution is 2.24. The zero-order chi connectivity index (χ0) is 19.0. The maximum Gasteiger partial charge on any atom is 0.325 e. The molecule has 1 fully saturated rings. The lowest BCUT2D eigenvalue weighted by molar-refractivity contribution is -0.131. The highest BCUT2D eigenvalue weighted by molar-refractivity contribution is 6.06. The number of amides is 3. The molecule has 1 aliphatic heterocycles. The van der Waals surface area contributed by atoms with Crippen molar-refractivity contribution in [2.75, 3.05) is 13.2 Å². The van der Waals surface area contributed by atoms with Crippen molar-refractivity contribution in [1.29, 1.82) is 5.26 Å². The predicted octanol–water partition coefficient (Wildman–Crippen LogP) is 3.61. The maximum absolute atomic E-state index is 12.6. The molecule has 1 atom stereocenters.